The molecule has 12 nitrogen and oxygen atoms in total. The van der Waals surface area contributed by atoms with E-state index in [-0.39, 0.29) is 24.2 Å². The third-order valence-corrected chi connectivity index (χ3v) is 9.21. The molecule has 2 heterocycles. The lowest BCUT2D eigenvalue weighted by Crippen LogP contribution is -2.59. The van der Waals surface area contributed by atoms with Crippen LogP contribution in [0.15, 0.2) is 79.1 Å². The molecule has 3 aromatic rings. The van der Waals surface area contributed by atoms with Gasteiger partial charge in [0.05, 0.1) is 6.04 Å². The predicted octanol–water partition coefficient (Wildman–Crippen LogP) is 2.62. The second-order valence-corrected chi connectivity index (χ2v) is 13.8. The van der Waals surface area contributed by atoms with Gasteiger partial charge in [0.1, 0.15) is 23.9 Å². The van der Waals surface area contributed by atoms with Crippen molar-refractivity contribution in [2.75, 3.05) is 19.6 Å². The van der Waals surface area contributed by atoms with Gasteiger partial charge in [-0.15, -0.1) is 0 Å². The van der Waals surface area contributed by atoms with Crippen LogP contribution in [0.3, 0.4) is 0 Å². The van der Waals surface area contributed by atoms with Crippen LogP contribution in [-0.2, 0) is 32.0 Å². The Morgan fingerprint density at radius 3 is 1.88 bits per heavy atom. The molecule has 0 spiro atoms. The van der Waals surface area contributed by atoms with E-state index in [1.165, 1.54) is 0 Å². The minimum absolute atomic E-state index is 0.0492. The number of piperidine rings is 1. The van der Waals surface area contributed by atoms with Gasteiger partial charge in [-0.25, -0.2) is 9.97 Å². The van der Waals surface area contributed by atoms with Gasteiger partial charge in [0.2, 0.25) is 23.6 Å². The van der Waals surface area contributed by atoms with Gasteiger partial charge in [0.25, 0.3) is 0 Å². The molecule has 4 rings (SSSR count). The Morgan fingerprint density at radius 1 is 0.745 bits per heavy atom. The standard InChI is InChI=1S/C39H54N8O4/c1-27(2)24-33(37(49)44-32(16-9-10-19-40)39(51)47-22-17-30(18-23-47)35-42-20-11-21-43-35)46-38(50)34(26-29-14-7-4-8-15-29)45-36(48)31(41)25-28-12-5-3-6-13-28/h3-8,11-15,20-21,27,30-34H,9-10,16-19,22-26,40-41H2,1-2H3,(H,44,49)(H,45,48)(H,46,50)/t31-,32-,33-,34-/m1/s1. The van der Waals surface area contributed by atoms with E-state index >= 15 is 0 Å². The largest absolute Gasteiger partial charge is 0.343 e. The number of benzene rings is 2. The van der Waals surface area contributed by atoms with Crippen LogP contribution < -0.4 is 27.4 Å². The van der Waals surface area contributed by atoms with Crippen LogP contribution in [0.5, 0.6) is 0 Å². The summed E-state index contributed by atoms with van der Waals surface area (Å²) in [4.78, 5) is 65.6. The van der Waals surface area contributed by atoms with E-state index < -0.39 is 41.9 Å². The first-order valence-corrected chi connectivity index (χ1v) is 18.1. The molecule has 1 aliphatic heterocycles. The molecular formula is C39H54N8O4. The number of likely N-dealkylation sites (tertiary alicyclic amines) is 1. The van der Waals surface area contributed by atoms with Crippen molar-refractivity contribution in [3.63, 3.8) is 0 Å². The van der Waals surface area contributed by atoms with Crippen LogP contribution in [0, 0.1) is 5.92 Å². The van der Waals surface area contributed by atoms with Gasteiger partial charge >= 0.3 is 0 Å². The molecule has 0 aliphatic carbocycles. The molecule has 1 fully saturated rings. The fourth-order valence-electron chi connectivity index (χ4n) is 6.40. The van der Waals surface area contributed by atoms with Crippen molar-refractivity contribution in [1.29, 1.82) is 0 Å². The van der Waals surface area contributed by atoms with Crippen LogP contribution in [-0.4, -0.2) is 82.3 Å². The average molecular weight is 699 g/mol. The number of hydrogen-bond donors (Lipinski definition) is 5. The van der Waals surface area contributed by atoms with Gasteiger partial charge in [-0.3, -0.25) is 19.2 Å². The SMILES string of the molecule is CC(C)C[C@@H](NC(=O)[C@@H](Cc1ccccc1)NC(=O)[C@H](N)Cc1ccccc1)C(=O)N[C@H](CCCCN)C(=O)N1CCC(c2ncccn2)CC1. The summed E-state index contributed by atoms with van der Waals surface area (Å²) in [5.74, 6) is -0.560. The number of nitrogens with one attached hydrogen (secondary N) is 3. The van der Waals surface area contributed by atoms with Crippen LogP contribution in [0.1, 0.15) is 75.2 Å². The van der Waals surface area contributed by atoms with Crippen LogP contribution >= 0.6 is 0 Å². The average Bonchev–Trinajstić information content (AvgIpc) is 3.14. The summed E-state index contributed by atoms with van der Waals surface area (Å²) in [6.45, 7) is 5.47. The van der Waals surface area contributed by atoms with Gasteiger partial charge in [0.15, 0.2) is 0 Å². The van der Waals surface area contributed by atoms with Gasteiger partial charge in [-0.05, 0) is 74.6 Å². The van der Waals surface area contributed by atoms with E-state index in [4.69, 9.17) is 11.5 Å². The number of amides is 4. The molecule has 4 atom stereocenters. The highest BCUT2D eigenvalue weighted by atomic mass is 16.2. The normalized spacial score (nSPS) is 15.7. The maximum Gasteiger partial charge on any atom is 0.245 e. The molecule has 274 valence electrons. The highest BCUT2D eigenvalue weighted by Crippen LogP contribution is 2.26. The molecule has 1 saturated heterocycles. The monoisotopic (exact) mass is 698 g/mol. The molecule has 12 heteroatoms. The fourth-order valence-corrected chi connectivity index (χ4v) is 6.40. The molecule has 1 aliphatic rings. The van der Waals surface area contributed by atoms with E-state index in [2.05, 4.69) is 25.9 Å². The minimum atomic E-state index is -0.985. The summed E-state index contributed by atoms with van der Waals surface area (Å²) in [5, 5.41) is 8.74. The van der Waals surface area contributed by atoms with Crippen molar-refractivity contribution < 1.29 is 19.2 Å². The topological polar surface area (TPSA) is 185 Å². The molecule has 0 radical (unpaired) electrons. The van der Waals surface area contributed by atoms with E-state index in [1.54, 1.807) is 23.4 Å². The van der Waals surface area contributed by atoms with E-state index in [0.717, 1.165) is 29.8 Å². The van der Waals surface area contributed by atoms with Crippen LogP contribution in [0.2, 0.25) is 0 Å². The van der Waals surface area contributed by atoms with Gasteiger partial charge in [-0.2, -0.15) is 0 Å². The fraction of sp³-hybridized carbons (Fsp3) is 0.487. The van der Waals surface area contributed by atoms with Crippen molar-refractivity contribution in [3.05, 3.63) is 96.1 Å². The molecule has 0 bridgehead atoms. The second-order valence-electron chi connectivity index (χ2n) is 13.8. The van der Waals surface area contributed by atoms with Crippen molar-refractivity contribution in [2.45, 2.75) is 95.3 Å². The quantitative estimate of drug-likeness (QED) is 0.126. The molecule has 7 N–H and O–H groups in total. The third kappa shape index (κ3) is 12.6. The first-order chi connectivity index (χ1) is 24.6. The zero-order chi connectivity index (χ0) is 36.6. The maximum atomic E-state index is 14.0. The Bertz CT molecular complexity index is 1520. The first kappa shape index (κ1) is 39.1. The molecule has 1 aromatic heterocycles. The van der Waals surface area contributed by atoms with E-state index in [9.17, 15) is 19.2 Å². The highest BCUT2D eigenvalue weighted by Gasteiger charge is 2.34. The number of nitrogens with two attached hydrogens (primary N) is 2. The third-order valence-electron chi connectivity index (χ3n) is 9.21. The smallest absolute Gasteiger partial charge is 0.245 e. The number of hydrogen-bond acceptors (Lipinski definition) is 8. The first-order valence-electron chi connectivity index (χ1n) is 18.1. The number of rotatable bonds is 18. The van der Waals surface area contributed by atoms with Gasteiger partial charge in [0, 0.05) is 37.8 Å². The Balaban J connectivity index is 1.45. The molecule has 0 saturated carbocycles. The molecule has 2 aromatic carbocycles. The molecule has 4 amide bonds. The maximum absolute atomic E-state index is 14.0. The van der Waals surface area contributed by atoms with E-state index in [0.29, 0.717) is 51.7 Å². The Morgan fingerprint density at radius 2 is 1.29 bits per heavy atom. The minimum Gasteiger partial charge on any atom is -0.343 e. The predicted molar refractivity (Wildman–Crippen MR) is 197 cm³/mol. The number of aromatic nitrogens is 2. The summed E-state index contributed by atoms with van der Waals surface area (Å²) >= 11 is 0. The van der Waals surface area contributed by atoms with Gasteiger partial charge < -0.3 is 32.3 Å². The van der Waals surface area contributed by atoms with Crippen molar-refractivity contribution in [3.8, 4) is 0 Å². The number of nitrogens with zero attached hydrogens (tertiary/aromatic N) is 3. The van der Waals surface area contributed by atoms with Crippen molar-refractivity contribution >= 4 is 23.6 Å². The molecule has 0 unspecified atom stereocenters. The lowest BCUT2D eigenvalue weighted by molar-refractivity contribution is -0.138. The summed E-state index contributed by atoms with van der Waals surface area (Å²) < 4.78 is 0. The van der Waals surface area contributed by atoms with Crippen molar-refractivity contribution in [1.82, 2.24) is 30.8 Å². The molecule has 51 heavy (non-hydrogen) atoms. The second kappa shape index (κ2) is 20.2. The lowest BCUT2D eigenvalue weighted by atomic mass is 9.95. The number of carbonyl (C=O) groups is 4. The van der Waals surface area contributed by atoms with Crippen LogP contribution in [0.25, 0.3) is 0 Å². The summed E-state index contributed by atoms with van der Waals surface area (Å²) in [5.41, 5.74) is 13.8. The number of unbranched alkanes of at least 4 members (excludes halogenated alkanes) is 1. The van der Waals surface area contributed by atoms with Gasteiger partial charge in [-0.1, -0.05) is 74.5 Å². The van der Waals surface area contributed by atoms with Crippen molar-refractivity contribution in [2.24, 2.45) is 17.4 Å². The lowest BCUT2D eigenvalue weighted by Gasteiger charge is -2.34. The Kier molecular flexibility index (Phi) is 15.5. The zero-order valence-corrected chi connectivity index (χ0v) is 29.9. The summed E-state index contributed by atoms with van der Waals surface area (Å²) in [6, 6.07) is 17.0. The summed E-state index contributed by atoms with van der Waals surface area (Å²) in [6.07, 6.45) is 7.58. The Labute approximate surface area is 301 Å². The summed E-state index contributed by atoms with van der Waals surface area (Å²) in [7, 11) is 0. The zero-order valence-electron chi connectivity index (χ0n) is 29.9. The van der Waals surface area contributed by atoms with Crippen LogP contribution in [0.4, 0.5) is 0 Å². The Hall–Kier alpha value is -4.68. The van der Waals surface area contributed by atoms with E-state index in [1.807, 2.05) is 74.5 Å². The highest BCUT2D eigenvalue weighted by molar-refractivity contribution is 5.95. The molecular weight excluding hydrogens is 644 g/mol. The number of carbonyl (C=O) groups excluding carboxylic acids is 4.